The number of thiophene rings is 1. The summed E-state index contributed by atoms with van der Waals surface area (Å²) in [5.74, 6) is -1.24. The van der Waals surface area contributed by atoms with Crippen molar-refractivity contribution < 1.29 is 32.6 Å². The van der Waals surface area contributed by atoms with Crippen LogP contribution in [0, 0.1) is 28.9 Å². The van der Waals surface area contributed by atoms with Crippen LogP contribution in [0.25, 0.3) is 32.2 Å². The number of ether oxygens (including phenoxy) is 2. The second-order valence-electron chi connectivity index (χ2n) is 12.7. The molecule has 1 aliphatic heterocycles. The summed E-state index contributed by atoms with van der Waals surface area (Å²) in [6, 6.07) is 1.95. The first-order chi connectivity index (χ1) is 20.8. The van der Waals surface area contributed by atoms with Gasteiger partial charge in [0.2, 0.25) is 0 Å². The molecule has 0 unspecified atom stereocenters. The highest BCUT2D eigenvalue weighted by atomic mass is 32.1. The number of pyridine rings is 1. The number of nitrogens with zero attached hydrogens (tertiary/aromatic N) is 4. The number of anilines is 1. The van der Waals surface area contributed by atoms with E-state index in [-0.39, 0.29) is 73.7 Å². The summed E-state index contributed by atoms with van der Waals surface area (Å²) in [5, 5.41) is 21.8. The Bertz CT molecular complexity index is 1860. The highest BCUT2D eigenvalue weighted by Crippen LogP contribution is 2.46. The van der Waals surface area contributed by atoms with Gasteiger partial charge < -0.3 is 19.0 Å². The first kappa shape index (κ1) is 30.3. The third kappa shape index (κ3) is 5.17. The van der Waals surface area contributed by atoms with Crippen LogP contribution in [0.3, 0.4) is 0 Å². The van der Waals surface area contributed by atoms with Gasteiger partial charge in [0.05, 0.1) is 42.0 Å². The number of hydrogen-bond donors (Lipinski definition) is 2. The molecule has 6 rings (SSSR count). The summed E-state index contributed by atoms with van der Waals surface area (Å²) in [7, 11) is -1.86. The van der Waals surface area contributed by atoms with E-state index in [1.165, 1.54) is 6.20 Å². The molecule has 0 spiro atoms. The molecule has 3 aromatic heterocycles. The van der Waals surface area contributed by atoms with E-state index in [0.29, 0.717) is 23.1 Å². The van der Waals surface area contributed by atoms with Crippen molar-refractivity contribution in [3.8, 4) is 23.3 Å². The molecule has 2 N–H and O–H groups in total. The molecule has 0 atom stereocenters. The molecule has 4 heterocycles. The summed E-state index contributed by atoms with van der Waals surface area (Å²) in [5.41, 5.74) is 0.989. The van der Waals surface area contributed by atoms with E-state index < -0.39 is 26.0 Å². The van der Waals surface area contributed by atoms with Gasteiger partial charge in [-0.05, 0) is 48.0 Å². The second-order valence-corrected chi connectivity index (χ2v) is 18.5. The van der Waals surface area contributed by atoms with Crippen molar-refractivity contribution in [2.75, 3.05) is 11.9 Å². The average molecular weight is 640 g/mol. The Morgan fingerprint density at radius 2 is 1.95 bits per heavy atom. The lowest BCUT2D eigenvalue weighted by molar-refractivity contribution is 0.0270. The number of aromatic nitrogens is 3. The fraction of sp³-hybridized carbons (Fsp3) is 0.433. The maximum Gasteiger partial charge on any atom is 0.409 e. The van der Waals surface area contributed by atoms with Crippen LogP contribution in [0.15, 0.2) is 12.4 Å². The Balaban J connectivity index is 1.33. The topological polar surface area (TPSA) is 139 Å². The number of rotatable bonds is 7. The number of amides is 1. The van der Waals surface area contributed by atoms with Gasteiger partial charge in [0.15, 0.2) is 20.0 Å². The van der Waals surface area contributed by atoms with E-state index in [0.717, 1.165) is 30.4 Å². The highest BCUT2D eigenvalue weighted by Gasteiger charge is 2.42. The Labute approximate surface area is 257 Å². The van der Waals surface area contributed by atoms with Crippen LogP contribution in [0.4, 0.5) is 18.6 Å². The molecule has 14 heteroatoms. The number of carboxylic acid groups (broad SMARTS) is 1. The van der Waals surface area contributed by atoms with Gasteiger partial charge in [0, 0.05) is 28.6 Å². The molecular formula is C30H31F2N5O5SSi. The minimum Gasteiger partial charge on any atom is -0.465 e. The predicted molar refractivity (Wildman–Crippen MR) is 163 cm³/mol. The standard InChI is InChI=1S/C30H31F2N5O5SSi/c1-30(2,3)44(4,5)42-15-6-14(7-15)11-41-28-35-9-17-18-12-40-13-19(18)21(23(32)24(17)36-28)25-22-16(8-33)27(37-29(38)39)43-26(22)20(31)10-34-25/h9-10,14-15,37H,6-7,11-13H2,1-5H3,(H,38,39). The molecule has 1 aromatic carbocycles. The molecule has 10 nitrogen and oxygen atoms in total. The molecule has 2 aliphatic rings. The molecular weight excluding hydrogens is 609 g/mol. The molecule has 1 fully saturated rings. The van der Waals surface area contributed by atoms with Gasteiger partial charge in [0.1, 0.15) is 16.6 Å². The molecule has 1 amide bonds. The second kappa shape index (κ2) is 11.0. The summed E-state index contributed by atoms with van der Waals surface area (Å²) in [6.07, 6.45) is 2.97. The van der Waals surface area contributed by atoms with Gasteiger partial charge in [-0.25, -0.2) is 18.6 Å². The van der Waals surface area contributed by atoms with Gasteiger partial charge in [-0.3, -0.25) is 10.3 Å². The van der Waals surface area contributed by atoms with E-state index >= 15 is 4.39 Å². The summed E-state index contributed by atoms with van der Waals surface area (Å²) in [6.45, 7) is 11.7. The molecule has 44 heavy (non-hydrogen) atoms. The lowest BCUT2D eigenvalue weighted by Crippen LogP contribution is -2.48. The van der Waals surface area contributed by atoms with Crippen molar-refractivity contribution in [2.24, 2.45) is 5.92 Å². The van der Waals surface area contributed by atoms with Crippen molar-refractivity contribution in [3.63, 3.8) is 0 Å². The van der Waals surface area contributed by atoms with Crippen molar-refractivity contribution >= 4 is 51.7 Å². The SMILES string of the molecule is CC(C)(C)[Si](C)(C)OC1CC(COc2ncc3c4c(c(-c5ncc(F)c6sc(NC(=O)O)c(C#N)c56)c(F)c3n2)COC4)C1. The molecule has 0 radical (unpaired) electrons. The van der Waals surface area contributed by atoms with Crippen LogP contribution in [0.1, 0.15) is 50.3 Å². The zero-order valence-corrected chi connectivity index (χ0v) is 26.7. The number of carbonyl (C=O) groups is 1. The number of nitrogens with one attached hydrogen (secondary N) is 1. The molecule has 0 saturated heterocycles. The van der Waals surface area contributed by atoms with Crippen molar-refractivity contribution in [1.82, 2.24) is 15.0 Å². The van der Waals surface area contributed by atoms with Gasteiger partial charge in [-0.15, -0.1) is 11.3 Å². The Morgan fingerprint density at radius 3 is 2.64 bits per heavy atom. The molecule has 230 valence electrons. The first-order valence-corrected chi connectivity index (χ1v) is 17.9. The maximum atomic E-state index is 16.5. The van der Waals surface area contributed by atoms with Crippen LogP contribution in [-0.2, 0) is 22.4 Å². The molecule has 4 aromatic rings. The van der Waals surface area contributed by atoms with E-state index in [9.17, 15) is 19.6 Å². The molecule has 1 aliphatic carbocycles. The Kier molecular flexibility index (Phi) is 7.56. The lowest BCUT2D eigenvalue weighted by atomic mass is 9.83. The fourth-order valence-electron chi connectivity index (χ4n) is 5.46. The first-order valence-electron chi connectivity index (χ1n) is 14.2. The Morgan fingerprint density at radius 1 is 1.23 bits per heavy atom. The molecule has 0 bridgehead atoms. The number of fused-ring (bicyclic) bond motifs is 4. The lowest BCUT2D eigenvalue weighted by Gasteiger charge is -2.44. The highest BCUT2D eigenvalue weighted by molar-refractivity contribution is 7.23. The smallest absolute Gasteiger partial charge is 0.409 e. The number of hydrogen-bond acceptors (Lipinski definition) is 9. The van der Waals surface area contributed by atoms with Gasteiger partial charge in [0.25, 0.3) is 0 Å². The van der Waals surface area contributed by atoms with E-state index in [4.69, 9.17) is 13.9 Å². The average Bonchev–Trinajstić information content (AvgIpc) is 3.55. The normalized spacial score (nSPS) is 18.2. The van der Waals surface area contributed by atoms with E-state index in [1.54, 1.807) is 0 Å². The fourth-order valence-corrected chi connectivity index (χ4v) is 7.88. The number of benzene rings is 1. The molecule has 1 saturated carbocycles. The van der Waals surface area contributed by atoms with Crippen LogP contribution in [-0.4, -0.2) is 47.2 Å². The van der Waals surface area contributed by atoms with E-state index in [2.05, 4.69) is 54.1 Å². The van der Waals surface area contributed by atoms with Gasteiger partial charge in [-0.1, -0.05) is 20.8 Å². The summed E-state index contributed by atoms with van der Waals surface area (Å²) in [4.78, 5) is 24.3. The third-order valence-electron chi connectivity index (χ3n) is 8.82. The third-order valence-corrected chi connectivity index (χ3v) is 14.5. The number of nitriles is 1. The largest absolute Gasteiger partial charge is 0.465 e. The van der Waals surface area contributed by atoms with E-state index in [1.807, 2.05) is 6.07 Å². The monoisotopic (exact) mass is 639 g/mol. The van der Waals surface area contributed by atoms with Crippen LogP contribution >= 0.6 is 11.3 Å². The minimum absolute atomic E-state index is 0.00268. The zero-order chi connectivity index (χ0) is 31.6. The predicted octanol–water partition coefficient (Wildman–Crippen LogP) is 7.36. The number of halogens is 2. The van der Waals surface area contributed by atoms with Crippen molar-refractivity contribution in [3.05, 3.63) is 40.7 Å². The maximum absolute atomic E-state index is 16.5. The van der Waals surface area contributed by atoms with Crippen LogP contribution in [0.5, 0.6) is 6.01 Å². The van der Waals surface area contributed by atoms with Gasteiger partial charge in [-0.2, -0.15) is 10.2 Å². The zero-order valence-electron chi connectivity index (χ0n) is 24.9. The summed E-state index contributed by atoms with van der Waals surface area (Å²) >= 11 is 0.743. The van der Waals surface area contributed by atoms with Gasteiger partial charge >= 0.3 is 12.1 Å². The van der Waals surface area contributed by atoms with Crippen LogP contribution in [0.2, 0.25) is 18.1 Å². The summed E-state index contributed by atoms with van der Waals surface area (Å²) < 4.78 is 49.4. The quantitative estimate of drug-likeness (QED) is 0.199. The minimum atomic E-state index is -1.86. The Hall–Kier alpha value is -3.77. The van der Waals surface area contributed by atoms with Crippen molar-refractivity contribution in [1.29, 1.82) is 5.26 Å². The van der Waals surface area contributed by atoms with Crippen molar-refractivity contribution in [2.45, 2.75) is 71.1 Å². The van der Waals surface area contributed by atoms with Crippen LogP contribution < -0.4 is 10.1 Å².